The van der Waals surface area contributed by atoms with Crippen LogP contribution in [0.4, 0.5) is 0 Å². The highest BCUT2D eigenvalue weighted by Gasteiger charge is 2.23. The molecule has 0 saturated heterocycles. The summed E-state index contributed by atoms with van der Waals surface area (Å²) in [6.45, 7) is 4.92. The van der Waals surface area contributed by atoms with Gasteiger partial charge in [-0.05, 0) is 38.0 Å². The minimum atomic E-state index is -0.496. The number of esters is 2. The number of carbonyl (C=O) groups is 3. The maximum Gasteiger partial charge on any atom is 0.340 e. The van der Waals surface area contributed by atoms with E-state index < -0.39 is 24.3 Å². The molecule has 0 aliphatic rings. The quantitative estimate of drug-likeness (QED) is 0.482. The van der Waals surface area contributed by atoms with Crippen LogP contribution < -0.4 is 0 Å². The Morgan fingerprint density at radius 1 is 1.07 bits per heavy atom. The minimum absolute atomic E-state index is 0.0636. The summed E-state index contributed by atoms with van der Waals surface area (Å²) in [5.41, 5.74) is 3.38. The van der Waals surface area contributed by atoms with Gasteiger partial charge in [0.05, 0.1) is 24.3 Å². The summed E-state index contributed by atoms with van der Waals surface area (Å²) in [5.74, 6) is -1.38. The Balaban J connectivity index is 1.65. The lowest BCUT2D eigenvalue weighted by Crippen LogP contribution is -2.16. The first-order chi connectivity index (χ1) is 13.4. The molecule has 3 rings (SSSR count). The van der Waals surface area contributed by atoms with E-state index in [-0.39, 0.29) is 18.7 Å². The van der Waals surface area contributed by atoms with Crippen LogP contribution in [0.2, 0.25) is 0 Å². The zero-order valence-electron chi connectivity index (χ0n) is 16.0. The van der Waals surface area contributed by atoms with Gasteiger partial charge < -0.3 is 19.4 Å². The van der Waals surface area contributed by atoms with Gasteiger partial charge in [-0.15, -0.1) is 0 Å². The van der Waals surface area contributed by atoms with Crippen molar-refractivity contribution in [2.45, 2.75) is 27.2 Å². The number of ether oxygens (including phenoxy) is 2. The lowest BCUT2D eigenvalue weighted by atomic mass is 10.1. The molecule has 0 atom stereocenters. The highest BCUT2D eigenvalue weighted by molar-refractivity contribution is 6.02. The van der Waals surface area contributed by atoms with Gasteiger partial charge in [-0.2, -0.15) is 0 Å². The molecule has 0 amide bonds. The number of Topliss-reactive ketones (excluding diaryl/α,β-unsaturated/α-hetero) is 1. The predicted molar refractivity (Wildman–Crippen MR) is 104 cm³/mol. The molecular formula is C21H22N2O5. The van der Waals surface area contributed by atoms with Gasteiger partial charge in [0.2, 0.25) is 5.78 Å². The number of nitrogens with one attached hydrogen (secondary N) is 2. The van der Waals surface area contributed by atoms with Crippen molar-refractivity contribution in [3.05, 3.63) is 58.5 Å². The number of fused-ring (bicyclic) bond motifs is 1. The fraction of sp³-hybridized carbons (Fsp3) is 0.286. The maximum atomic E-state index is 12.5. The van der Waals surface area contributed by atoms with E-state index in [2.05, 4.69) is 9.97 Å². The van der Waals surface area contributed by atoms with Crippen LogP contribution in [-0.4, -0.2) is 40.9 Å². The third-order valence-corrected chi connectivity index (χ3v) is 4.57. The van der Waals surface area contributed by atoms with E-state index in [1.54, 1.807) is 27.0 Å². The van der Waals surface area contributed by atoms with Crippen LogP contribution in [-0.2, 0) is 20.7 Å². The summed E-state index contributed by atoms with van der Waals surface area (Å²) < 4.78 is 10.2. The Labute approximate surface area is 162 Å². The normalized spacial score (nSPS) is 10.8. The van der Waals surface area contributed by atoms with Crippen LogP contribution in [0.3, 0.4) is 0 Å². The second-order valence-corrected chi connectivity index (χ2v) is 6.47. The van der Waals surface area contributed by atoms with Crippen molar-refractivity contribution in [3.8, 4) is 0 Å². The Morgan fingerprint density at radius 2 is 1.82 bits per heavy atom. The van der Waals surface area contributed by atoms with Crippen LogP contribution in [0.5, 0.6) is 0 Å². The minimum Gasteiger partial charge on any atom is -0.462 e. The van der Waals surface area contributed by atoms with E-state index in [1.807, 2.05) is 24.3 Å². The Kier molecular flexibility index (Phi) is 5.63. The molecule has 0 spiro atoms. The molecule has 0 saturated carbocycles. The second kappa shape index (κ2) is 8.12. The van der Waals surface area contributed by atoms with Crippen molar-refractivity contribution < 1.29 is 23.9 Å². The number of benzene rings is 1. The molecule has 2 N–H and O–H groups in total. The van der Waals surface area contributed by atoms with Crippen molar-refractivity contribution in [1.29, 1.82) is 0 Å². The number of hydrogen-bond donors (Lipinski definition) is 2. The summed E-state index contributed by atoms with van der Waals surface area (Å²) >= 11 is 0. The van der Waals surface area contributed by atoms with Gasteiger partial charge in [-0.25, -0.2) is 4.79 Å². The van der Waals surface area contributed by atoms with Crippen molar-refractivity contribution in [3.63, 3.8) is 0 Å². The number of hydrogen-bond acceptors (Lipinski definition) is 5. The Bertz CT molecular complexity index is 1040. The molecule has 0 aliphatic carbocycles. The van der Waals surface area contributed by atoms with Gasteiger partial charge in [0.15, 0.2) is 6.61 Å². The van der Waals surface area contributed by atoms with Gasteiger partial charge in [0, 0.05) is 22.8 Å². The predicted octanol–water partition coefficient (Wildman–Crippen LogP) is 3.26. The molecule has 0 fully saturated rings. The number of carbonyl (C=O) groups excluding carboxylic acids is 3. The van der Waals surface area contributed by atoms with Crippen LogP contribution in [0.25, 0.3) is 10.9 Å². The molecule has 2 aromatic heterocycles. The molecule has 7 nitrogen and oxygen atoms in total. The van der Waals surface area contributed by atoms with E-state index in [4.69, 9.17) is 9.47 Å². The monoisotopic (exact) mass is 382 g/mol. The van der Waals surface area contributed by atoms with Gasteiger partial charge in [0.25, 0.3) is 0 Å². The number of para-hydroxylation sites is 1. The third-order valence-electron chi connectivity index (χ3n) is 4.57. The molecule has 28 heavy (non-hydrogen) atoms. The van der Waals surface area contributed by atoms with Gasteiger partial charge in [-0.1, -0.05) is 18.2 Å². The average molecular weight is 382 g/mol. The molecule has 0 unspecified atom stereocenters. The summed E-state index contributed by atoms with van der Waals surface area (Å²) in [7, 11) is 0. The number of aryl methyl sites for hydroxylation is 1. The van der Waals surface area contributed by atoms with Crippen LogP contribution in [0.1, 0.15) is 44.6 Å². The van der Waals surface area contributed by atoms with E-state index in [0.717, 1.165) is 16.5 Å². The molecule has 0 aliphatic heterocycles. The lowest BCUT2D eigenvalue weighted by Gasteiger charge is -2.05. The number of aromatic nitrogens is 2. The highest BCUT2D eigenvalue weighted by atomic mass is 16.5. The van der Waals surface area contributed by atoms with Crippen molar-refractivity contribution in [1.82, 2.24) is 9.97 Å². The number of H-pyrrole nitrogens is 2. The SMILES string of the molecule is CCOC(=O)c1c(C)[nH]c(C(=O)COC(=O)Cc2c[nH]c3ccccc23)c1C. The zero-order valence-corrected chi connectivity index (χ0v) is 16.0. The Hall–Kier alpha value is -3.35. The summed E-state index contributed by atoms with van der Waals surface area (Å²) in [6, 6.07) is 7.64. The molecule has 1 aromatic carbocycles. The van der Waals surface area contributed by atoms with Crippen LogP contribution in [0.15, 0.2) is 30.5 Å². The van der Waals surface area contributed by atoms with Crippen molar-refractivity contribution in [2.24, 2.45) is 0 Å². The molecule has 0 radical (unpaired) electrons. The van der Waals surface area contributed by atoms with E-state index in [1.165, 1.54) is 0 Å². The lowest BCUT2D eigenvalue weighted by molar-refractivity contribution is -0.141. The maximum absolute atomic E-state index is 12.5. The first-order valence-electron chi connectivity index (χ1n) is 9.02. The van der Waals surface area contributed by atoms with Crippen molar-refractivity contribution >= 4 is 28.6 Å². The Morgan fingerprint density at radius 3 is 2.57 bits per heavy atom. The van der Waals surface area contributed by atoms with Crippen molar-refractivity contribution in [2.75, 3.05) is 13.2 Å². The molecule has 3 aromatic rings. The average Bonchev–Trinajstić information content (AvgIpc) is 3.20. The first kappa shape index (κ1) is 19.4. The fourth-order valence-electron chi connectivity index (χ4n) is 3.24. The molecular weight excluding hydrogens is 360 g/mol. The molecule has 0 bridgehead atoms. The summed E-state index contributed by atoms with van der Waals surface area (Å²) in [6.07, 6.45) is 1.83. The smallest absolute Gasteiger partial charge is 0.340 e. The number of ketones is 1. The molecule has 146 valence electrons. The van der Waals surface area contributed by atoms with E-state index >= 15 is 0 Å². The number of aromatic amines is 2. The van der Waals surface area contributed by atoms with Gasteiger partial charge >= 0.3 is 11.9 Å². The van der Waals surface area contributed by atoms with Crippen LogP contribution in [0, 0.1) is 13.8 Å². The topological polar surface area (TPSA) is 101 Å². The molecule has 2 heterocycles. The van der Waals surface area contributed by atoms with E-state index in [9.17, 15) is 14.4 Å². The van der Waals surface area contributed by atoms with Gasteiger partial charge in [0.1, 0.15) is 0 Å². The number of rotatable bonds is 7. The van der Waals surface area contributed by atoms with E-state index in [0.29, 0.717) is 16.8 Å². The molecule has 7 heteroatoms. The highest BCUT2D eigenvalue weighted by Crippen LogP contribution is 2.20. The standard InChI is InChI=1S/C21H22N2O5/c1-4-27-21(26)19-12(2)20(23-13(19)3)17(24)11-28-18(25)9-14-10-22-16-8-6-5-7-15(14)16/h5-8,10,22-23H,4,9,11H2,1-3H3. The largest absolute Gasteiger partial charge is 0.462 e. The zero-order chi connectivity index (χ0) is 20.3. The summed E-state index contributed by atoms with van der Waals surface area (Å²) in [4.78, 5) is 42.7. The van der Waals surface area contributed by atoms with Crippen LogP contribution >= 0.6 is 0 Å². The third kappa shape index (κ3) is 3.83. The fourth-order valence-corrected chi connectivity index (χ4v) is 3.24. The summed E-state index contributed by atoms with van der Waals surface area (Å²) in [5, 5.41) is 0.945. The van der Waals surface area contributed by atoms with Gasteiger partial charge in [-0.3, -0.25) is 9.59 Å². The first-order valence-corrected chi connectivity index (χ1v) is 9.02. The second-order valence-electron chi connectivity index (χ2n) is 6.47.